The molecule has 1 nitrogen and oxygen atoms in total. The summed E-state index contributed by atoms with van der Waals surface area (Å²) in [7, 11) is -1.76. The molecule has 0 spiro atoms. The molecule has 0 rings (SSSR count). The van der Waals surface area contributed by atoms with Gasteiger partial charge in [-0.3, -0.25) is 0 Å². The van der Waals surface area contributed by atoms with E-state index in [4.69, 9.17) is 0 Å². The van der Waals surface area contributed by atoms with Crippen molar-refractivity contribution in [3.05, 3.63) is 0 Å². The first-order valence-corrected chi connectivity index (χ1v) is 15.4. The lowest BCUT2D eigenvalue weighted by atomic mass is 10.0. The molecule has 2 heteroatoms. The fourth-order valence-corrected chi connectivity index (χ4v) is 4.91. The molecule has 0 aromatic carbocycles. The standard InChI is InChI=1S/C25H53OP/c1-4-5-6-7-8-9-10-11-12-13-14-15-16-17-18-19-20-21-22-23-24-25-27(2,3)26/h4-25H2,1-3H3. The van der Waals surface area contributed by atoms with Gasteiger partial charge in [-0.1, -0.05) is 135 Å². The molecular weight excluding hydrogens is 347 g/mol. The molecular formula is C25H53OP. The third-order valence-corrected chi connectivity index (χ3v) is 7.19. The molecule has 0 unspecified atom stereocenters. The van der Waals surface area contributed by atoms with Crippen LogP contribution < -0.4 is 0 Å². The second kappa shape index (κ2) is 21.0. The van der Waals surface area contributed by atoms with Crippen molar-refractivity contribution in [3.8, 4) is 0 Å². The highest BCUT2D eigenvalue weighted by atomic mass is 31.2. The van der Waals surface area contributed by atoms with Gasteiger partial charge in [0.2, 0.25) is 0 Å². The number of hydrogen-bond acceptors (Lipinski definition) is 1. The van der Waals surface area contributed by atoms with Crippen LogP contribution in [0.3, 0.4) is 0 Å². The van der Waals surface area contributed by atoms with E-state index >= 15 is 0 Å². The molecule has 0 aliphatic heterocycles. The summed E-state index contributed by atoms with van der Waals surface area (Å²) in [5.74, 6) is 0. The van der Waals surface area contributed by atoms with Crippen molar-refractivity contribution in [2.45, 2.75) is 142 Å². The van der Waals surface area contributed by atoms with Gasteiger partial charge >= 0.3 is 0 Å². The zero-order chi connectivity index (χ0) is 20.1. The average molecular weight is 401 g/mol. The van der Waals surface area contributed by atoms with E-state index in [1.165, 1.54) is 135 Å². The minimum Gasteiger partial charge on any atom is -0.324 e. The number of hydrogen-bond donors (Lipinski definition) is 0. The van der Waals surface area contributed by atoms with E-state index in [9.17, 15) is 4.57 Å². The van der Waals surface area contributed by atoms with Gasteiger partial charge in [0.25, 0.3) is 0 Å². The minimum atomic E-state index is -1.76. The van der Waals surface area contributed by atoms with Gasteiger partial charge in [-0.15, -0.1) is 0 Å². The van der Waals surface area contributed by atoms with Gasteiger partial charge in [-0.25, -0.2) is 0 Å². The molecule has 0 heterocycles. The lowest BCUT2D eigenvalue weighted by Gasteiger charge is -2.06. The molecule has 0 saturated carbocycles. The topological polar surface area (TPSA) is 17.1 Å². The lowest BCUT2D eigenvalue weighted by molar-refractivity contribution is 0.521. The average Bonchev–Trinajstić information content (AvgIpc) is 2.62. The summed E-state index contributed by atoms with van der Waals surface area (Å²) in [6, 6.07) is 0. The molecule has 0 radical (unpaired) electrons. The van der Waals surface area contributed by atoms with E-state index in [1.54, 1.807) is 0 Å². The SMILES string of the molecule is CCCCCCCCCCCCCCCCCCCCCCCP(C)(C)=O. The van der Waals surface area contributed by atoms with E-state index in [0.29, 0.717) is 0 Å². The highest BCUT2D eigenvalue weighted by molar-refractivity contribution is 7.62. The Morgan fingerprint density at radius 1 is 0.407 bits per heavy atom. The van der Waals surface area contributed by atoms with E-state index in [-0.39, 0.29) is 0 Å². The van der Waals surface area contributed by atoms with Crippen LogP contribution in [0.25, 0.3) is 0 Å². The van der Waals surface area contributed by atoms with Crippen molar-refractivity contribution in [1.82, 2.24) is 0 Å². The van der Waals surface area contributed by atoms with Crippen LogP contribution in [0.5, 0.6) is 0 Å². The minimum absolute atomic E-state index is 0.950. The van der Waals surface area contributed by atoms with Gasteiger partial charge in [-0.05, 0) is 19.8 Å². The second-order valence-corrected chi connectivity index (χ2v) is 13.0. The van der Waals surface area contributed by atoms with E-state index in [2.05, 4.69) is 6.92 Å². The van der Waals surface area contributed by atoms with Crippen LogP contribution in [0.2, 0.25) is 0 Å². The van der Waals surface area contributed by atoms with Crippen LogP contribution in [0.4, 0.5) is 0 Å². The Balaban J connectivity index is 3.02. The van der Waals surface area contributed by atoms with Crippen LogP contribution in [-0.2, 0) is 4.57 Å². The third kappa shape index (κ3) is 26.2. The molecule has 0 aliphatic carbocycles. The Bertz CT molecular complexity index is 320. The molecule has 0 N–H and O–H groups in total. The molecule has 27 heavy (non-hydrogen) atoms. The van der Waals surface area contributed by atoms with Gasteiger partial charge in [0.1, 0.15) is 0 Å². The first-order valence-electron chi connectivity index (χ1n) is 12.6. The van der Waals surface area contributed by atoms with E-state index in [1.807, 2.05) is 13.3 Å². The molecule has 0 aliphatic rings. The maximum absolute atomic E-state index is 11.6. The largest absolute Gasteiger partial charge is 0.324 e. The Morgan fingerprint density at radius 2 is 0.630 bits per heavy atom. The fourth-order valence-electron chi connectivity index (χ4n) is 3.92. The van der Waals surface area contributed by atoms with Crippen molar-refractivity contribution in [2.75, 3.05) is 19.5 Å². The predicted molar refractivity (Wildman–Crippen MR) is 127 cm³/mol. The lowest BCUT2D eigenvalue weighted by Crippen LogP contribution is -1.87. The van der Waals surface area contributed by atoms with Crippen molar-refractivity contribution in [2.24, 2.45) is 0 Å². The van der Waals surface area contributed by atoms with Crippen molar-refractivity contribution in [3.63, 3.8) is 0 Å². The monoisotopic (exact) mass is 400 g/mol. The molecule has 0 atom stereocenters. The normalized spacial score (nSPS) is 12.0. The Labute approximate surface area is 173 Å². The van der Waals surface area contributed by atoms with Crippen LogP contribution in [0.1, 0.15) is 142 Å². The molecule has 0 amide bonds. The van der Waals surface area contributed by atoms with Crippen molar-refractivity contribution < 1.29 is 4.57 Å². The van der Waals surface area contributed by atoms with Crippen LogP contribution in [0, 0.1) is 0 Å². The van der Waals surface area contributed by atoms with Crippen molar-refractivity contribution >= 4 is 7.14 Å². The molecule has 0 fully saturated rings. The summed E-state index contributed by atoms with van der Waals surface area (Å²) in [5, 5.41) is 0. The summed E-state index contributed by atoms with van der Waals surface area (Å²) in [5.41, 5.74) is 0. The highest BCUT2D eigenvalue weighted by Gasteiger charge is 2.05. The molecule has 0 aromatic rings. The Morgan fingerprint density at radius 3 is 0.852 bits per heavy atom. The highest BCUT2D eigenvalue weighted by Crippen LogP contribution is 2.36. The maximum Gasteiger partial charge on any atom is 0.0819 e. The second-order valence-electron chi connectivity index (χ2n) is 9.37. The summed E-state index contributed by atoms with van der Waals surface area (Å²) in [4.78, 5) is 0. The summed E-state index contributed by atoms with van der Waals surface area (Å²) in [6.45, 7) is 6.14. The zero-order valence-electron chi connectivity index (χ0n) is 19.4. The Hall–Kier alpha value is 0.230. The Kier molecular flexibility index (Phi) is 21.1. The summed E-state index contributed by atoms with van der Waals surface area (Å²) >= 11 is 0. The van der Waals surface area contributed by atoms with Gasteiger partial charge in [0.15, 0.2) is 0 Å². The van der Waals surface area contributed by atoms with Gasteiger partial charge < -0.3 is 4.57 Å². The molecule has 0 saturated heterocycles. The van der Waals surface area contributed by atoms with Crippen molar-refractivity contribution in [1.29, 1.82) is 0 Å². The number of unbranched alkanes of at least 4 members (excludes halogenated alkanes) is 20. The third-order valence-electron chi connectivity index (χ3n) is 5.80. The van der Waals surface area contributed by atoms with E-state index in [0.717, 1.165) is 6.16 Å². The summed E-state index contributed by atoms with van der Waals surface area (Å²) in [6.07, 6.45) is 30.8. The summed E-state index contributed by atoms with van der Waals surface area (Å²) < 4.78 is 11.6. The van der Waals surface area contributed by atoms with Gasteiger partial charge in [0, 0.05) is 6.16 Å². The number of rotatable bonds is 22. The molecule has 0 bridgehead atoms. The smallest absolute Gasteiger partial charge is 0.0819 e. The van der Waals surface area contributed by atoms with Crippen LogP contribution in [-0.4, -0.2) is 19.5 Å². The van der Waals surface area contributed by atoms with Crippen LogP contribution in [0.15, 0.2) is 0 Å². The first-order chi connectivity index (χ1) is 13.1. The van der Waals surface area contributed by atoms with Crippen LogP contribution >= 0.6 is 7.14 Å². The quantitative estimate of drug-likeness (QED) is 0.130. The maximum atomic E-state index is 11.6. The van der Waals surface area contributed by atoms with E-state index < -0.39 is 7.14 Å². The fraction of sp³-hybridized carbons (Fsp3) is 1.00. The predicted octanol–water partition coefficient (Wildman–Crippen LogP) is 9.82. The van der Waals surface area contributed by atoms with Gasteiger partial charge in [0.05, 0.1) is 7.14 Å². The first kappa shape index (κ1) is 27.2. The molecule has 0 aromatic heterocycles. The zero-order valence-corrected chi connectivity index (χ0v) is 20.3. The molecule has 164 valence electrons. The van der Waals surface area contributed by atoms with Gasteiger partial charge in [-0.2, -0.15) is 0 Å².